The molecule has 1 N–H and O–H groups in total. The summed E-state index contributed by atoms with van der Waals surface area (Å²) in [5.74, 6) is 1.30. The van der Waals surface area contributed by atoms with Gasteiger partial charge in [0.2, 0.25) is 0 Å². The number of aromatic nitrogens is 4. The van der Waals surface area contributed by atoms with Gasteiger partial charge in [-0.1, -0.05) is 12.1 Å². The topological polar surface area (TPSA) is 75.9 Å². The molecule has 0 unspecified atom stereocenters. The van der Waals surface area contributed by atoms with Crippen molar-refractivity contribution >= 4 is 28.4 Å². The van der Waals surface area contributed by atoms with Crippen LogP contribution in [0.5, 0.6) is 0 Å². The number of hydrogen-bond donors (Lipinski definition) is 1. The van der Waals surface area contributed by atoms with Crippen molar-refractivity contribution in [2.75, 3.05) is 24.3 Å². The minimum atomic E-state index is -0.226. The molecule has 1 amide bonds. The summed E-state index contributed by atoms with van der Waals surface area (Å²) in [6.45, 7) is 0. The first-order valence-electron chi connectivity index (χ1n) is 8.45. The molecule has 7 heteroatoms. The molecule has 0 aliphatic heterocycles. The molecule has 134 valence electrons. The van der Waals surface area contributed by atoms with Crippen molar-refractivity contribution in [1.82, 2.24) is 19.5 Å². The van der Waals surface area contributed by atoms with Gasteiger partial charge in [-0.05, 0) is 36.4 Å². The largest absolute Gasteiger partial charge is 0.363 e. The number of nitrogens with one attached hydrogen (secondary N) is 1. The molecule has 0 aliphatic rings. The van der Waals surface area contributed by atoms with E-state index in [4.69, 9.17) is 0 Å². The minimum absolute atomic E-state index is 0.226. The second kappa shape index (κ2) is 6.87. The highest BCUT2D eigenvalue weighted by Gasteiger charge is 2.09. The number of para-hydroxylation sites is 2. The summed E-state index contributed by atoms with van der Waals surface area (Å²) < 4.78 is 1.91. The second-order valence-electron chi connectivity index (χ2n) is 6.26. The number of rotatable bonds is 4. The molecule has 0 saturated heterocycles. The molecule has 0 fully saturated rings. The van der Waals surface area contributed by atoms with Crippen LogP contribution in [0, 0.1) is 0 Å². The molecule has 1 aromatic carbocycles. The Morgan fingerprint density at radius 2 is 1.81 bits per heavy atom. The highest BCUT2D eigenvalue weighted by molar-refractivity contribution is 6.04. The van der Waals surface area contributed by atoms with E-state index in [-0.39, 0.29) is 5.91 Å². The van der Waals surface area contributed by atoms with E-state index in [1.165, 1.54) is 0 Å². The third-order valence-corrected chi connectivity index (χ3v) is 4.17. The predicted octanol–water partition coefficient (Wildman–Crippen LogP) is 3.13. The third kappa shape index (κ3) is 3.35. The summed E-state index contributed by atoms with van der Waals surface area (Å²) in [4.78, 5) is 27.3. The maximum absolute atomic E-state index is 12.4. The molecular weight excluding hydrogens is 340 g/mol. The van der Waals surface area contributed by atoms with Gasteiger partial charge in [-0.2, -0.15) is 0 Å². The standard InChI is InChI=1S/C20H18N6O/c1-25(2)18-9-7-14(11-21-18)20(27)24-15-8-10-19(22-12-15)26-13-23-16-5-3-4-6-17(16)26/h3-13H,1-2H3,(H,24,27). The van der Waals surface area contributed by atoms with Crippen LogP contribution in [0.2, 0.25) is 0 Å². The van der Waals surface area contributed by atoms with Crippen LogP contribution in [-0.4, -0.2) is 39.5 Å². The number of carbonyl (C=O) groups excluding carboxylic acids is 1. The number of hydrogen-bond acceptors (Lipinski definition) is 5. The molecule has 0 atom stereocenters. The Balaban J connectivity index is 1.51. The maximum Gasteiger partial charge on any atom is 0.257 e. The molecule has 4 aromatic rings. The van der Waals surface area contributed by atoms with E-state index in [2.05, 4.69) is 20.3 Å². The number of anilines is 2. The van der Waals surface area contributed by atoms with Crippen LogP contribution < -0.4 is 10.2 Å². The SMILES string of the molecule is CN(C)c1ccc(C(=O)Nc2ccc(-n3cnc4ccccc43)nc2)cn1. The zero-order chi connectivity index (χ0) is 18.8. The van der Waals surface area contributed by atoms with Crippen LogP contribution in [0.3, 0.4) is 0 Å². The van der Waals surface area contributed by atoms with Crippen molar-refractivity contribution < 1.29 is 4.79 Å². The number of amides is 1. The fraction of sp³-hybridized carbons (Fsp3) is 0.100. The summed E-state index contributed by atoms with van der Waals surface area (Å²) in [5.41, 5.74) is 2.99. The monoisotopic (exact) mass is 358 g/mol. The van der Waals surface area contributed by atoms with E-state index in [1.54, 1.807) is 30.9 Å². The lowest BCUT2D eigenvalue weighted by Crippen LogP contribution is -2.14. The highest BCUT2D eigenvalue weighted by atomic mass is 16.1. The van der Waals surface area contributed by atoms with Gasteiger partial charge in [0, 0.05) is 20.3 Å². The predicted molar refractivity (Wildman–Crippen MR) is 105 cm³/mol. The molecule has 7 nitrogen and oxygen atoms in total. The van der Waals surface area contributed by atoms with E-state index in [0.717, 1.165) is 22.7 Å². The fourth-order valence-electron chi connectivity index (χ4n) is 2.73. The summed E-state index contributed by atoms with van der Waals surface area (Å²) in [6.07, 6.45) is 4.93. The zero-order valence-corrected chi connectivity index (χ0v) is 15.0. The van der Waals surface area contributed by atoms with E-state index in [9.17, 15) is 4.79 Å². The molecule has 4 rings (SSSR count). The van der Waals surface area contributed by atoms with Gasteiger partial charge in [0.15, 0.2) is 0 Å². The number of pyridine rings is 2. The lowest BCUT2D eigenvalue weighted by molar-refractivity contribution is 0.102. The molecule has 3 aromatic heterocycles. The van der Waals surface area contributed by atoms with Crippen LogP contribution in [0.4, 0.5) is 11.5 Å². The normalized spacial score (nSPS) is 10.7. The zero-order valence-electron chi connectivity index (χ0n) is 15.0. The Kier molecular flexibility index (Phi) is 4.25. The minimum Gasteiger partial charge on any atom is -0.363 e. The van der Waals surface area contributed by atoms with Gasteiger partial charge in [0.05, 0.1) is 28.5 Å². The molecular formula is C20H18N6O. The smallest absolute Gasteiger partial charge is 0.257 e. The number of benzene rings is 1. The number of imidazole rings is 1. The molecule has 0 aliphatic carbocycles. The Labute approximate surface area is 156 Å². The van der Waals surface area contributed by atoms with Crippen LogP contribution in [0.25, 0.3) is 16.9 Å². The van der Waals surface area contributed by atoms with E-state index in [0.29, 0.717) is 11.3 Å². The van der Waals surface area contributed by atoms with Crippen molar-refractivity contribution in [2.24, 2.45) is 0 Å². The van der Waals surface area contributed by atoms with Gasteiger partial charge < -0.3 is 10.2 Å². The average molecular weight is 358 g/mol. The van der Waals surface area contributed by atoms with Crippen molar-refractivity contribution in [3.8, 4) is 5.82 Å². The highest BCUT2D eigenvalue weighted by Crippen LogP contribution is 2.18. The Bertz CT molecular complexity index is 1080. The lowest BCUT2D eigenvalue weighted by Gasteiger charge is -2.11. The average Bonchev–Trinajstić information content (AvgIpc) is 3.13. The number of nitrogens with zero attached hydrogens (tertiary/aromatic N) is 5. The molecule has 0 saturated carbocycles. The molecule has 0 bridgehead atoms. The van der Waals surface area contributed by atoms with Gasteiger partial charge in [-0.15, -0.1) is 0 Å². The van der Waals surface area contributed by atoms with Gasteiger partial charge >= 0.3 is 0 Å². The van der Waals surface area contributed by atoms with Crippen LogP contribution >= 0.6 is 0 Å². The summed E-state index contributed by atoms with van der Waals surface area (Å²) in [6, 6.07) is 15.1. The van der Waals surface area contributed by atoms with Crippen molar-refractivity contribution in [3.63, 3.8) is 0 Å². The Hall–Kier alpha value is -3.74. The first kappa shape index (κ1) is 16.7. The second-order valence-corrected chi connectivity index (χ2v) is 6.26. The molecule has 0 radical (unpaired) electrons. The van der Waals surface area contributed by atoms with Gasteiger partial charge in [0.1, 0.15) is 18.0 Å². The van der Waals surface area contributed by atoms with E-state index < -0.39 is 0 Å². The molecule has 27 heavy (non-hydrogen) atoms. The van der Waals surface area contributed by atoms with Crippen molar-refractivity contribution in [2.45, 2.75) is 0 Å². The maximum atomic E-state index is 12.4. The molecule has 3 heterocycles. The van der Waals surface area contributed by atoms with Gasteiger partial charge in [0.25, 0.3) is 5.91 Å². The van der Waals surface area contributed by atoms with Crippen LogP contribution in [0.15, 0.2) is 67.3 Å². The summed E-state index contributed by atoms with van der Waals surface area (Å²) >= 11 is 0. The quantitative estimate of drug-likeness (QED) is 0.606. The first-order chi connectivity index (χ1) is 13.1. The molecule has 0 spiro atoms. The first-order valence-corrected chi connectivity index (χ1v) is 8.45. The van der Waals surface area contributed by atoms with Crippen LogP contribution in [0.1, 0.15) is 10.4 Å². The van der Waals surface area contributed by atoms with Crippen molar-refractivity contribution in [3.05, 3.63) is 72.8 Å². The van der Waals surface area contributed by atoms with Crippen LogP contribution in [-0.2, 0) is 0 Å². The number of fused-ring (bicyclic) bond motifs is 1. The third-order valence-electron chi connectivity index (χ3n) is 4.17. The Morgan fingerprint density at radius 3 is 2.52 bits per heavy atom. The van der Waals surface area contributed by atoms with E-state index >= 15 is 0 Å². The summed E-state index contributed by atoms with van der Waals surface area (Å²) in [5, 5.41) is 2.84. The van der Waals surface area contributed by atoms with E-state index in [1.807, 2.05) is 60.0 Å². The Morgan fingerprint density at radius 1 is 0.963 bits per heavy atom. The number of carbonyl (C=O) groups is 1. The lowest BCUT2D eigenvalue weighted by atomic mass is 10.2. The summed E-state index contributed by atoms with van der Waals surface area (Å²) in [7, 11) is 3.80. The van der Waals surface area contributed by atoms with Gasteiger partial charge in [-0.25, -0.2) is 15.0 Å². The van der Waals surface area contributed by atoms with Gasteiger partial charge in [-0.3, -0.25) is 9.36 Å². The fourth-order valence-corrected chi connectivity index (χ4v) is 2.73. The van der Waals surface area contributed by atoms with Crippen molar-refractivity contribution in [1.29, 1.82) is 0 Å².